The number of rotatable bonds is 7. The third-order valence-corrected chi connectivity index (χ3v) is 6.15. The SMILES string of the molecule is COc1ccc(-c2cncc(C#N)c2)c2nc(C3(C(=O)NCCS(C)(=O)=O)CC3)nn12. The summed E-state index contributed by atoms with van der Waals surface area (Å²) in [5.41, 5.74) is 1.38. The molecule has 0 saturated heterocycles. The van der Waals surface area contributed by atoms with Crippen molar-refractivity contribution in [3.8, 4) is 23.1 Å². The molecule has 0 aromatic carbocycles. The van der Waals surface area contributed by atoms with Gasteiger partial charge in [-0.25, -0.2) is 13.4 Å². The highest BCUT2D eigenvalue weighted by molar-refractivity contribution is 7.90. The third-order valence-electron chi connectivity index (χ3n) is 5.21. The summed E-state index contributed by atoms with van der Waals surface area (Å²) in [5.74, 6) is 0.364. The topological polar surface area (TPSA) is 139 Å². The van der Waals surface area contributed by atoms with Crippen LogP contribution in [0.3, 0.4) is 0 Å². The summed E-state index contributed by atoms with van der Waals surface area (Å²) < 4.78 is 29.6. The van der Waals surface area contributed by atoms with Gasteiger partial charge in [0, 0.05) is 42.4 Å². The van der Waals surface area contributed by atoms with E-state index in [-0.39, 0.29) is 18.2 Å². The smallest absolute Gasteiger partial charge is 0.234 e. The first kappa shape index (κ1) is 20.7. The van der Waals surface area contributed by atoms with Gasteiger partial charge in [0.15, 0.2) is 11.5 Å². The molecule has 3 aromatic heterocycles. The van der Waals surface area contributed by atoms with Crippen molar-refractivity contribution in [3.63, 3.8) is 0 Å². The summed E-state index contributed by atoms with van der Waals surface area (Å²) in [6, 6.07) is 7.30. The van der Waals surface area contributed by atoms with E-state index >= 15 is 0 Å². The maximum atomic E-state index is 12.8. The fourth-order valence-electron chi connectivity index (χ4n) is 3.37. The minimum Gasteiger partial charge on any atom is -0.481 e. The van der Waals surface area contributed by atoms with Crippen molar-refractivity contribution in [3.05, 3.63) is 42.0 Å². The second-order valence-electron chi connectivity index (χ2n) is 7.50. The van der Waals surface area contributed by atoms with Crippen LogP contribution in [0.5, 0.6) is 5.88 Å². The Hall–Kier alpha value is -3.52. The Morgan fingerprint density at radius 3 is 2.77 bits per heavy atom. The molecular formula is C20H20N6O4S. The second kappa shape index (κ2) is 7.63. The number of nitrogens with zero attached hydrogens (tertiary/aromatic N) is 5. The lowest BCUT2D eigenvalue weighted by molar-refractivity contribution is -0.123. The predicted octanol–water partition coefficient (Wildman–Crippen LogP) is 0.864. The number of nitrogens with one attached hydrogen (secondary N) is 1. The molecule has 1 aliphatic rings. The first-order valence-electron chi connectivity index (χ1n) is 9.53. The molecule has 4 rings (SSSR count). The molecule has 1 saturated carbocycles. The zero-order chi connectivity index (χ0) is 22.2. The lowest BCUT2D eigenvalue weighted by Crippen LogP contribution is -2.38. The number of ether oxygens (including phenoxy) is 1. The van der Waals surface area contributed by atoms with Crippen molar-refractivity contribution in [2.75, 3.05) is 25.7 Å². The Bertz CT molecular complexity index is 1320. The van der Waals surface area contributed by atoms with Crippen molar-refractivity contribution < 1.29 is 17.9 Å². The van der Waals surface area contributed by atoms with Crippen LogP contribution in [0.25, 0.3) is 16.8 Å². The van der Waals surface area contributed by atoms with Gasteiger partial charge in [-0.15, -0.1) is 5.10 Å². The fourth-order valence-corrected chi connectivity index (χ4v) is 3.84. The highest BCUT2D eigenvalue weighted by atomic mass is 32.2. The average Bonchev–Trinajstić information content (AvgIpc) is 3.44. The summed E-state index contributed by atoms with van der Waals surface area (Å²) in [6.07, 6.45) is 5.36. The van der Waals surface area contributed by atoms with E-state index in [2.05, 4.69) is 26.5 Å². The maximum Gasteiger partial charge on any atom is 0.234 e. The number of carbonyl (C=O) groups is 1. The van der Waals surface area contributed by atoms with E-state index < -0.39 is 15.3 Å². The third kappa shape index (κ3) is 3.94. The maximum absolute atomic E-state index is 12.8. The Balaban J connectivity index is 1.73. The number of pyridine rings is 2. The second-order valence-corrected chi connectivity index (χ2v) is 9.76. The van der Waals surface area contributed by atoms with Crippen molar-refractivity contribution in [1.29, 1.82) is 5.26 Å². The summed E-state index contributed by atoms with van der Waals surface area (Å²) >= 11 is 0. The number of methoxy groups -OCH3 is 1. The molecule has 1 fully saturated rings. The molecule has 3 aromatic rings. The molecule has 0 radical (unpaired) electrons. The Labute approximate surface area is 178 Å². The zero-order valence-corrected chi connectivity index (χ0v) is 17.8. The molecule has 31 heavy (non-hydrogen) atoms. The van der Waals surface area contributed by atoms with Gasteiger partial charge >= 0.3 is 0 Å². The fraction of sp³-hybridized carbons (Fsp3) is 0.350. The van der Waals surface area contributed by atoms with Gasteiger partial charge in [-0.1, -0.05) is 0 Å². The number of hydrogen-bond acceptors (Lipinski definition) is 8. The summed E-state index contributed by atoms with van der Waals surface area (Å²) in [5, 5.41) is 16.4. The lowest BCUT2D eigenvalue weighted by Gasteiger charge is -2.11. The van der Waals surface area contributed by atoms with E-state index in [9.17, 15) is 18.5 Å². The predicted molar refractivity (Wildman–Crippen MR) is 111 cm³/mol. The molecule has 10 nitrogen and oxygen atoms in total. The number of aromatic nitrogens is 4. The molecule has 0 bridgehead atoms. The van der Waals surface area contributed by atoms with Gasteiger partial charge in [-0.3, -0.25) is 9.78 Å². The molecular weight excluding hydrogens is 420 g/mol. The highest BCUT2D eigenvalue weighted by Crippen LogP contribution is 2.47. The van der Waals surface area contributed by atoms with Crippen LogP contribution < -0.4 is 10.1 Å². The normalized spacial score (nSPS) is 14.7. The Kier molecular flexibility index (Phi) is 5.10. The standard InChI is InChI=1S/C20H20N6O4S/c1-30-16-4-3-15(14-9-13(10-21)11-22-12-14)17-24-18(25-26(16)17)20(5-6-20)19(27)23-7-8-31(2,28)29/h3-4,9,11-12H,5-8H2,1-2H3,(H,23,27). The van der Waals surface area contributed by atoms with E-state index in [1.165, 1.54) is 17.8 Å². The van der Waals surface area contributed by atoms with E-state index in [1.54, 1.807) is 24.4 Å². The molecule has 0 unspecified atom stereocenters. The molecule has 1 aliphatic carbocycles. The van der Waals surface area contributed by atoms with E-state index in [0.717, 1.165) is 6.26 Å². The number of sulfone groups is 1. The minimum absolute atomic E-state index is 0.0357. The molecule has 160 valence electrons. The zero-order valence-electron chi connectivity index (χ0n) is 17.0. The van der Waals surface area contributed by atoms with Gasteiger partial charge in [0.2, 0.25) is 11.8 Å². The first-order chi connectivity index (χ1) is 14.8. The van der Waals surface area contributed by atoms with Gasteiger partial charge in [-0.2, -0.15) is 9.78 Å². The largest absolute Gasteiger partial charge is 0.481 e. The van der Waals surface area contributed by atoms with E-state index in [0.29, 0.717) is 46.9 Å². The highest BCUT2D eigenvalue weighted by Gasteiger charge is 2.54. The van der Waals surface area contributed by atoms with Crippen molar-refractivity contribution in [2.45, 2.75) is 18.3 Å². The average molecular weight is 440 g/mol. The molecule has 0 atom stereocenters. The van der Waals surface area contributed by atoms with Gasteiger partial charge in [0.25, 0.3) is 0 Å². The van der Waals surface area contributed by atoms with Crippen molar-refractivity contribution in [2.24, 2.45) is 0 Å². The minimum atomic E-state index is -3.18. The van der Waals surface area contributed by atoms with E-state index in [1.807, 2.05) is 0 Å². The van der Waals surface area contributed by atoms with Gasteiger partial charge in [0.1, 0.15) is 21.3 Å². The van der Waals surface area contributed by atoms with Crippen LogP contribution in [0.2, 0.25) is 0 Å². The van der Waals surface area contributed by atoms with Gasteiger partial charge in [-0.05, 0) is 25.0 Å². The van der Waals surface area contributed by atoms with Crippen LogP contribution in [0.1, 0.15) is 24.2 Å². The number of fused-ring (bicyclic) bond motifs is 1. The van der Waals surface area contributed by atoms with Crippen LogP contribution in [0.4, 0.5) is 0 Å². The van der Waals surface area contributed by atoms with Gasteiger partial charge < -0.3 is 10.1 Å². The Morgan fingerprint density at radius 1 is 1.35 bits per heavy atom. The van der Waals surface area contributed by atoms with Crippen LogP contribution in [-0.4, -0.2) is 59.6 Å². The summed E-state index contributed by atoms with van der Waals surface area (Å²) in [4.78, 5) is 21.6. The van der Waals surface area contributed by atoms with Crippen molar-refractivity contribution in [1.82, 2.24) is 24.9 Å². The van der Waals surface area contributed by atoms with Crippen molar-refractivity contribution >= 4 is 21.4 Å². The molecule has 1 N–H and O–H groups in total. The number of amides is 1. The molecule has 1 amide bonds. The van der Waals surface area contributed by atoms with Crippen LogP contribution in [0.15, 0.2) is 30.6 Å². The molecule has 11 heteroatoms. The monoisotopic (exact) mass is 440 g/mol. The lowest BCUT2D eigenvalue weighted by atomic mass is 10.1. The summed E-state index contributed by atoms with van der Waals surface area (Å²) in [7, 11) is -1.66. The number of nitriles is 1. The van der Waals surface area contributed by atoms with Crippen LogP contribution in [0, 0.1) is 11.3 Å². The Morgan fingerprint density at radius 2 is 2.13 bits per heavy atom. The number of carbonyl (C=O) groups excluding carboxylic acids is 1. The van der Waals surface area contributed by atoms with Crippen LogP contribution in [-0.2, 0) is 20.0 Å². The number of hydrogen-bond donors (Lipinski definition) is 1. The van der Waals surface area contributed by atoms with E-state index in [4.69, 9.17) is 4.74 Å². The summed E-state index contributed by atoms with van der Waals surface area (Å²) in [6.45, 7) is 0.0357. The quantitative estimate of drug-likeness (QED) is 0.571. The van der Waals surface area contributed by atoms with Gasteiger partial charge in [0.05, 0.1) is 18.4 Å². The molecule has 3 heterocycles. The molecule has 0 spiro atoms. The molecule has 0 aliphatic heterocycles. The van der Waals surface area contributed by atoms with Crippen LogP contribution >= 0.6 is 0 Å². The first-order valence-corrected chi connectivity index (χ1v) is 11.6.